The molecule has 0 saturated heterocycles. The third kappa shape index (κ3) is 3.70. The van der Waals surface area contributed by atoms with Crippen molar-refractivity contribution in [3.63, 3.8) is 0 Å². The number of amidine groups is 1. The zero-order chi connectivity index (χ0) is 20.6. The molecule has 1 aliphatic heterocycles. The molecule has 1 unspecified atom stereocenters. The van der Waals surface area contributed by atoms with Gasteiger partial charge in [-0.1, -0.05) is 24.1 Å². The van der Waals surface area contributed by atoms with Crippen LogP contribution in [0, 0.1) is 35.0 Å². The molecule has 0 bridgehead atoms. The predicted octanol–water partition coefficient (Wildman–Crippen LogP) is 5.30. The molecule has 9 heteroatoms. The molecule has 0 fully saturated rings. The van der Waals surface area contributed by atoms with Crippen LogP contribution in [0.3, 0.4) is 0 Å². The Morgan fingerprint density at radius 1 is 1.11 bits per heavy atom. The van der Waals surface area contributed by atoms with E-state index in [0.29, 0.717) is 25.1 Å². The van der Waals surface area contributed by atoms with Gasteiger partial charge in [-0.25, -0.2) is 26.9 Å². The third-order valence-corrected chi connectivity index (χ3v) is 4.85. The van der Waals surface area contributed by atoms with Gasteiger partial charge in [0, 0.05) is 19.0 Å². The minimum absolute atomic E-state index is 0.199. The van der Waals surface area contributed by atoms with Gasteiger partial charge in [0.05, 0.1) is 22.6 Å². The Kier molecular flexibility index (Phi) is 5.88. The van der Waals surface area contributed by atoms with Gasteiger partial charge in [-0.05, 0) is 25.8 Å². The van der Waals surface area contributed by atoms with E-state index in [1.165, 1.54) is 11.2 Å². The minimum atomic E-state index is -2.22. The van der Waals surface area contributed by atoms with Crippen molar-refractivity contribution in [3.8, 4) is 0 Å². The molecule has 1 aliphatic carbocycles. The summed E-state index contributed by atoms with van der Waals surface area (Å²) >= 11 is 6.26. The van der Waals surface area contributed by atoms with E-state index >= 15 is 0 Å². The van der Waals surface area contributed by atoms with E-state index in [2.05, 4.69) is 9.98 Å². The summed E-state index contributed by atoms with van der Waals surface area (Å²) in [5.74, 6) is -10.8. The summed E-state index contributed by atoms with van der Waals surface area (Å²) in [5, 5.41) is 0.256. The Hall–Kier alpha value is -2.22. The average molecular weight is 418 g/mol. The highest BCUT2D eigenvalue weighted by molar-refractivity contribution is 6.31. The fourth-order valence-electron chi connectivity index (χ4n) is 3.21. The van der Waals surface area contributed by atoms with E-state index in [9.17, 15) is 22.0 Å². The number of benzene rings is 1. The molecule has 0 amide bonds. The van der Waals surface area contributed by atoms with Gasteiger partial charge < -0.3 is 4.90 Å². The van der Waals surface area contributed by atoms with Crippen LogP contribution in [0.4, 0.5) is 22.0 Å². The molecule has 3 rings (SSSR count). The Balaban J connectivity index is 2.28. The lowest BCUT2D eigenvalue weighted by atomic mass is 9.93. The molecule has 150 valence electrons. The SMILES string of the molecule is CC1=CC(Cl)=C(/N=C(\c2c(F)c(F)c(F)c(F)c2F)N2C=NCCC2)C(C)C1. The monoisotopic (exact) mass is 417 g/mol. The molecular formula is C19H17ClF5N3. The molecule has 1 aromatic carbocycles. The number of halogens is 6. The lowest BCUT2D eigenvalue weighted by Crippen LogP contribution is -2.36. The first kappa shape index (κ1) is 20.5. The van der Waals surface area contributed by atoms with Gasteiger partial charge in [-0.2, -0.15) is 0 Å². The second-order valence-corrected chi connectivity index (χ2v) is 7.19. The zero-order valence-electron chi connectivity index (χ0n) is 15.2. The smallest absolute Gasteiger partial charge is 0.200 e. The predicted molar refractivity (Wildman–Crippen MR) is 97.9 cm³/mol. The highest BCUT2D eigenvalue weighted by Gasteiger charge is 2.32. The number of nitrogens with zero attached hydrogens (tertiary/aromatic N) is 3. The Morgan fingerprint density at radius 2 is 1.71 bits per heavy atom. The van der Waals surface area contributed by atoms with Crippen LogP contribution >= 0.6 is 11.6 Å². The Bertz CT molecular complexity index is 907. The van der Waals surface area contributed by atoms with E-state index in [4.69, 9.17) is 11.6 Å². The van der Waals surface area contributed by atoms with Gasteiger partial charge in [-0.15, -0.1) is 0 Å². The number of allylic oxidation sites excluding steroid dienone is 4. The molecule has 1 atom stereocenters. The van der Waals surface area contributed by atoms with E-state index in [1.54, 1.807) is 6.08 Å². The molecule has 1 aromatic rings. The van der Waals surface area contributed by atoms with Gasteiger partial charge in [-0.3, -0.25) is 4.99 Å². The molecular weight excluding hydrogens is 401 g/mol. The maximum Gasteiger partial charge on any atom is 0.200 e. The van der Waals surface area contributed by atoms with Crippen LogP contribution in [0.15, 0.2) is 32.4 Å². The van der Waals surface area contributed by atoms with Crippen molar-refractivity contribution in [1.82, 2.24) is 4.90 Å². The summed E-state index contributed by atoms with van der Waals surface area (Å²) in [4.78, 5) is 9.58. The van der Waals surface area contributed by atoms with Crippen LogP contribution in [-0.2, 0) is 0 Å². The highest BCUT2D eigenvalue weighted by Crippen LogP contribution is 2.33. The van der Waals surface area contributed by atoms with Gasteiger partial charge in [0.1, 0.15) is 5.84 Å². The van der Waals surface area contributed by atoms with Crippen LogP contribution in [0.5, 0.6) is 0 Å². The normalized spacial score (nSPS) is 20.7. The topological polar surface area (TPSA) is 28.0 Å². The summed E-state index contributed by atoms with van der Waals surface area (Å²) in [7, 11) is 0. The molecule has 1 heterocycles. The second-order valence-electron chi connectivity index (χ2n) is 6.78. The van der Waals surface area contributed by atoms with Crippen molar-refractivity contribution in [2.45, 2.75) is 26.7 Å². The lowest BCUT2D eigenvalue weighted by Gasteiger charge is -2.27. The van der Waals surface area contributed by atoms with Crippen molar-refractivity contribution in [3.05, 3.63) is 57.0 Å². The first-order valence-electron chi connectivity index (χ1n) is 8.66. The second kappa shape index (κ2) is 8.03. The number of rotatable bonds is 2. The van der Waals surface area contributed by atoms with Crippen LogP contribution in [-0.4, -0.2) is 30.2 Å². The molecule has 0 saturated carbocycles. The summed E-state index contributed by atoms with van der Waals surface area (Å²) in [6, 6.07) is 0. The van der Waals surface area contributed by atoms with Crippen molar-refractivity contribution in [1.29, 1.82) is 0 Å². The number of hydrogen-bond donors (Lipinski definition) is 0. The van der Waals surface area contributed by atoms with Crippen LogP contribution in [0.1, 0.15) is 32.3 Å². The summed E-state index contributed by atoms with van der Waals surface area (Å²) in [5.41, 5.74) is 0.208. The fraction of sp³-hybridized carbons (Fsp3) is 0.368. The van der Waals surface area contributed by atoms with E-state index < -0.39 is 40.5 Å². The molecule has 2 aliphatic rings. The van der Waals surface area contributed by atoms with Crippen LogP contribution in [0.2, 0.25) is 0 Å². The third-order valence-electron chi connectivity index (χ3n) is 4.55. The van der Waals surface area contributed by atoms with Crippen molar-refractivity contribution < 1.29 is 22.0 Å². The summed E-state index contributed by atoms with van der Waals surface area (Å²) < 4.78 is 70.0. The molecule has 3 nitrogen and oxygen atoms in total. The first-order valence-corrected chi connectivity index (χ1v) is 9.04. The fourth-order valence-corrected chi connectivity index (χ4v) is 3.63. The summed E-state index contributed by atoms with van der Waals surface area (Å²) in [6.45, 7) is 4.44. The Morgan fingerprint density at radius 3 is 2.25 bits per heavy atom. The van der Waals surface area contributed by atoms with Crippen LogP contribution < -0.4 is 0 Å². The quantitative estimate of drug-likeness (QED) is 0.211. The van der Waals surface area contributed by atoms with Crippen molar-refractivity contribution >= 4 is 23.8 Å². The molecule has 0 radical (unpaired) electrons. The molecule has 0 aromatic heterocycles. The molecule has 28 heavy (non-hydrogen) atoms. The van der Waals surface area contributed by atoms with Gasteiger partial charge in [0.15, 0.2) is 23.3 Å². The maximum absolute atomic E-state index is 14.5. The van der Waals surface area contributed by atoms with Crippen LogP contribution in [0.25, 0.3) is 0 Å². The summed E-state index contributed by atoms with van der Waals surface area (Å²) in [6.07, 6.45) is 4.09. The first-order chi connectivity index (χ1) is 13.2. The number of hydrogen-bond acceptors (Lipinski definition) is 2. The minimum Gasteiger partial charge on any atom is -0.317 e. The van der Waals surface area contributed by atoms with Gasteiger partial charge >= 0.3 is 0 Å². The molecule has 0 spiro atoms. The zero-order valence-corrected chi connectivity index (χ0v) is 15.9. The van der Waals surface area contributed by atoms with Crippen molar-refractivity contribution in [2.75, 3.05) is 13.1 Å². The van der Waals surface area contributed by atoms with Gasteiger partial charge in [0.25, 0.3) is 0 Å². The van der Waals surface area contributed by atoms with Crippen molar-refractivity contribution in [2.24, 2.45) is 15.9 Å². The standard InChI is InChI=1S/C19H17ClF5N3/c1-9-6-10(2)18(11(20)7-9)27-19(28-5-3-4-26-8-28)12-13(21)15(23)17(25)16(24)14(12)22/h7-8,10H,3-6H2,1-2H3/b27-19+. The Labute approximate surface area is 163 Å². The van der Waals surface area contributed by atoms with E-state index in [-0.39, 0.29) is 17.5 Å². The average Bonchev–Trinajstić information content (AvgIpc) is 2.66. The lowest BCUT2D eigenvalue weighted by molar-refractivity contribution is 0.375. The van der Waals surface area contributed by atoms with Gasteiger partial charge in [0.2, 0.25) is 5.82 Å². The maximum atomic E-state index is 14.5. The van der Waals surface area contributed by atoms with E-state index in [0.717, 1.165) is 5.57 Å². The number of aliphatic imine (C=N–C) groups is 2. The van der Waals surface area contributed by atoms with E-state index in [1.807, 2.05) is 13.8 Å². The largest absolute Gasteiger partial charge is 0.317 e. The molecule has 0 N–H and O–H groups in total. The highest BCUT2D eigenvalue weighted by atomic mass is 35.5.